The van der Waals surface area contributed by atoms with Gasteiger partial charge in [-0.2, -0.15) is 0 Å². The lowest BCUT2D eigenvalue weighted by Gasteiger charge is -2.33. The average molecular weight is 264 g/mol. The molecule has 1 aliphatic rings. The minimum Gasteiger partial charge on any atom is -0.371 e. The molecule has 1 aliphatic heterocycles. The summed E-state index contributed by atoms with van der Waals surface area (Å²) in [6, 6.07) is 6.70. The van der Waals surface area contributed by atoms with E-state index in [2.05, 4.69) is 24.1 Å². The number of nitrogens with one attached hydrogen (secondary N) is 1. The fourth-order valence-electron chi connectivity index (χ4n) is 2.70. The molecule has 1 fully saturated rings. The zero-order chi connectivity index (χ0) is 13.8. The minimum atomic E-state index is -0.0993. The van der Waals surface area contributed by atoms with Gasteiger partial charge in [0, 0.05) is 30.9 Å². The van der Waals surface area contributed by atoms with Gasteiger partial charge < -0.3 is 10.2 Å². The summed E-state index contributed by atoms with van der Waals surface area (Å²) < 4.78 is 13.7. The summed E-state index contributed by atoms with van der Waals surface area (Å²) in [5.74, 6) is -0.0993. The van der Waals surface area contributed by atoms with Crippen LogP contribution in [0.15, 0.2) is 18.2 Å². The summed E-state index contributed by atoms with van der Waals surface area (Å²) >= 11 is 0. The van der Waals surface area contributed by atoms with Gasteiger partial charge in [0.2, 0.25) is 0 Å². The van der Waals surface area contributed by atoms with Gasteiger partial charge in [-0.3, -0.25) is 0 Å². The first-order chi connectivity index (χ1) is 9.10. The van der Waals surface area contributed by atoms with Gasteiger partial charge in [0.15, 0.2) is 0 Å². The predicted octanol–water partition coefficient (Wildman–Crippen LogP) is 3.49. The lowest BCUT2D eigenvalue weighted by atomic mass is 10.0. The molecule has 19 heavy (non-hydrogen) atoms. The first kappa shape index (κ1) is 14.3. The summed E-state index contributed by atoms with van der Waals surface area (Å²) in [4.78, 5) is 2.32. The Labute approximate surface area is 116 Å². The van der Waals surface area contributed by atoms with E-state index in [0.29, 0.717) is 12.1 Å². The van der Waals surface area contributed by atoms with Crippen molar-refractivity contribution >= 4 is 5.69 Å². The van der Waals surface area contributed by atoms with Gasteiger partial charge >= 0.3 is 0 Å². The lowest BCUT2D eigenvalue weighted by Crippen LogP contribution is -2.44. The molecule has 1 N–H and O–H groups in total. The maximum absolute atomic E-state index is 13.7. The molecule has 2 nitrogen and oxygen atoms in total. The molecule has 3 heteroatoms. The zero-order valence-corrected chi connectivity index (χ0v) is 12.2. The molecular formula is C16H25FN2. The molecule has 106 valence electrons. The van der Waals surface area contributed by atoms with Crippen LogP contribution < -0.4 is 10.2 Å². The molecule has 1 aromatic rings. The van der Waals surface area contributed by atoms with Gasteiger partial charge in [0.25, 0.3) is 0 Å². The summed E-state index contributed by atoms with van der Waals surface area (Å²) in [5, 5.41) is 3.66. The van der Waals surface area contributed by atoms with Crippen molar-refractivity contribution in [3.05, 3.63) is 29.6 Å². The van der Waals surface area contributed by atoms with Gasteiger partial charge in [-0.1, -0.05) is 13.0 Å². The SMILES string of the molecule is CCC1CCN(c2ccc(C)c(F)c2)CCC(C)N1. The molecule has 1 aromatic carbocycles. The van der Waals surface area contributed by atoms with E-state index in [-0.39, 0.29) is 5.82 Å². The molecule has 2 unspecified atom stereocenters. The van der Waals surface area contributed by atoms with Crippen molar-refractivity contribution in [2.45, 2.75) is 52.1 Å². The van der Waals surface area contributed by atoms with Crippen LogP contribution in [0, 0.1) is 12.7 Å². The molecule has 0 radical (unpaired) electrons. The summed E-state index contributed by atoms with van der Waals surface area (Å²) in [7, 11) is 0. The molecule has 1 saturated heterocycles. The number of nitrogens with zero attached hydrogens (tertiary/aromatic N) is 1. The maximum atomic E-state index is 13.7. The van der Waals surface area contributed by atoms with Crippen LogP contribution in [0.1, 0.15) is 38.7 Å². The van der Waals surface area contributed by atoms with Crippen molar-refractivity contribution in [1.82, 2.24) is 5.32 Å². The third kappa shape index (κ3) is 3.69. The molecule has 1 heterocycles. The highest BCUT2D eigenvalue weighted by atomic mass is 19.1. The van der Waals surface area contributed by atoms with E-state index >= 15 is 0 Å². The average Bonchev–Trinajstić information content (AvgIpc) is 2.38. The quantitative estimate of drug-likeness (QED) is 0.879. The molecule has 0 amide bonds. The number of anilines is 1. The second-order valence-electron chi connectivity index (χ2n) is 5.67. The Bertz CT molecular complexity index is 419. The fourth-order valence-corrected chi connectivity index (χ4v) is 2.70. The van der Waals surface area contributed by atoms with Crippen LogP contribution in [-0.4, -0.2) is 25.2 Å². The molecular weight excluding hydrogens is 239 g/mol. The Kier molecular flexibility index (Phi) is 4.81. The van der Waals surface area contributed by atoms with Crippen molar-refractivity contribution in [2.75, 3.05) is 18.0 Å². The predicted molar refractivity (Wildman–Crippen MR) is 79.3 cm³/mol. The first-order valence-corrected chi connectivity index (χ1v) is 7.37. The standard InChI is InChI=1S/C16H25FN2/c1-4-14-8-10-19(9-7-13(3)18-14)15-6-5-12(2)16(17)11-15/h5-6,11,13-14,18H,4,7-10H2,1-3H3. The number of benzene rings is 1. The molecule has 0 aromatic heterocycles. The third-order valence-corrected chi connectivity index (χ3v) is 4.11. The smallest absolute Gasteiger partial charge is 0.128 e. The van der Waals surface area contributed by atoms with E-state index in [1.165, 1.54) is 0 Å². The van der Waals surface area contributed by atoms with Crippen LogP contribution in [-0.2, 0) is 0 Å². The molecule has 0 spiro atoms. The van der Waals surface area contributed by atoms with Crippen molar-refractivity contribution in [1.29, 1.82) is 0 Å². The van der Waals surface area contributed by atoms with E-state index in [0.717, 1.165) is 43.6 Å². The van der Waals surface area contributed by atoms with Crippen molar-refractivity contribution < 1.29 is 4.39 Å². The largest absolute Gasteiger partial charge is 0.371 e. The number of halogens is 1. The topological polar surface area (TPSA) is 15.3 Å². The monoisotopic (exact) mass is 264 g/mol. The third-order valence-electron chi connectivity index (χ3n) is 4.11. The van der Waals surface area contributed by atoms with Crippen LogP contribution in [0.4, 0.5) is 10.1 Å². The normalized spacial score (nSPS) is 24.9. The fraction of sp³-hybridized carbons (Fsp3) is 0.625. The number of hydrogen-bond acceptors (Lipinski definition) is 2. The second-order valence-corrected chi connectivity index (χ2v) is 5.67. The number of rotatable bonds is 2. The second kappa shape index (κ2) is 6.38. The highest BCUT2D eigenvalue weighted by Crippen LogP contribution is 2.21. The lowest BCUT2D eigenvalue weighted by molar-refractivity contribution is 0.378. The van der Waals surface area contributed by atoms with Crippen LogP contribution >= 0.6 is 0 Å². The minimum absolute atomic E-state index is 0.0993. The molecule has 0 bridgehead atoms. The Balaban J connectivity index is 2.11. The van der Waals surface area contributed by atoms with Crippen LogP contribution in [0.25, 0.3) is 0 Å². The number of aryl methyl sites for hydroxylation is 1. The van der Waals surface area contributed by atoms with Crippen LogP contribution in [0.5, 0.6) is 0 Å². The van der Waals surface area contributed by atoms with E-state index in [9.17, 15) is 4.39 Å². The first-order valence-electron chi connectivity index (χ1n) is 7.37. The van der Waals surface area contributed by atoms with E-state index in [1.807, 2.05) is 19.1 Å². The van der Waals surface area contributed by atoms with Gasteiger partial charge in [0.05, 0.1) is 0 Å². The van der Waals surface area contributed by atoms with Gasteiger partial charge in [-0.05, 0) is 50.8 Å². The van der Waals surface area contributed by atoms with Gasteiger partial charge in [-0.15, -0.1) is 0 Å². The maximum Gasteiger partial charge on any atom is 0.128 e. The molecule has 0 aliphatic carbocycles. The molecule has 2 atom stereocenters. The summed E-state index contributed by atoms with van der Waals surface area (Å²) in [6.07, 6.45) is 3.38. The molecule has 0 saturated carbocycles. The van der Waals surface area contributed by atoms with Crippen molar-refractivity contribution in [2.24, 2.45) is 0 Å². The number of hydrogen-bond donors (Lipinski definition) is 1. The van der Waals surface area contributed by atoms with Crippen molar-refractivity contribution in [3.63, 3.8) is 0 Å². The van der Waals surface area contributed by atoms with Crippen LogP contribution in [0.2, 0.25) is 0 Å². The van der Waals surface area contributed by atoms with Crippen molar-refractivity contribution in [3.8, 4) is 0 Å². The van der Waals surface area contributed by atoms with Crippen LogP contribution in [0.3, 0.4) is 0 Å². The Morgan fingerprint density at radius 2 is 2.05 bits per heavy atom. The van der Waals surface area contributed by atoms with Gasteiger partial charge in [0.1, 0.15) is 5.82 Å². The highest BCUT2D eigenvalue weighted by molar-refractivity contribution is 5.48. The molecule has 2 rings (SSSR count). The Morgan fingerprint density at radius 1 is 1.32 bits per heavy atom. The van der Waals surface area contributed by atoms with E-state index < -0.39 is 0 Å². The van der Waals surface area contributed by atoms with Gasteiger partial charge in [-0.25, -0.2) is 4.39 Å². The van der Waals surface area contributed by atoms with E-state index in [1.54, 1.807) is 6.07 Å². The summed E-state index contributed by atoms with van der Waals surface area (Å²) in [6.45, 7) is 8.27. The summed E-state index contributed by atoms with van der Waals surface area (Å²) in [5.41, 5.74) is 1.74. The zero-order valence-electron chi connectivity index (χ0n) is 12.2. The van der Waals surface area contributed by atoms with E-state index in [4.69, 9.17) is 0 Å². The Morgan fingerprint density at radius 3 is 2.74 bits per heavy atom. The Hall–Kier alpha value is -1.09. The highest BCUT2D eigenvalue weighted by Gasteiger charge is 2.18.